The lowest BCUT2D eigenvalue weighted by Gasteiger charge is -2.33. The van der Waals surface area contributed by atoms with E-state index in [1.807, 2.05) is 25.1 Å². The first-order chi connectivity index (χ1) is 11.7. The predicted octanol–water partition coefficient (Wildman–Crippen LogP) is 0.630. The smallest absolute Gasteiger partial charge is 0.238 e. The maximum atomic E-state index is 12.2. The van der Waals surface area contributed by atoms with E-state index in [1.54, 1.807) is 0 Å². The summed E-state index contributed by atoms with van der Waals surface area (Å²) in [4.78, 5) is 14.5. The zero-order chi connectivity index (χ0) is 16.9. The van der Waals surface area contributed by atoms with E-state index in [0.717, 1.165) is 49.4 Å². The minimum atomic E-state index is -0.139. The summed E-state index contributed by atoms with van der Waals surface area (Å²) in [6.07, 6.45) is 2.22. The molecule has 2 fully saturated rings. The maximum absolute atomic E-state index is 12.2. The molecule has 2 aliphatic rings. The van der Waals surface area contributed by atoms with Crippen molar-refractivity contribution >= 4 is 5.91 Å². The van der Waals surface area contributed by atoms with Crippen LogP contribution in [-0.4, -0.2) is 54.2 Å². The number of ether oxygens (including phenoxy) is 1. The van der Waals surface area contributed by atoms with Crippen molar-refractivity contribution in [3.8, 4) is 5.75 Å². The predicted molar refractivity (Wildman–Crippen MR) is 91.8 cm³/mol. The fourth-order valence-electron chi connectivity index (χ4n) is 3.07. The quantitative estimate of drug-likeness (QED) is 0.683. The first-order valence-corrected chi connectivity index (χ1v) is 8.81. The second kappa shape index (κ2) is 7.96. The Morgan fingerprint density at radius 1 is 1.46 bits per heavy atom. The van der Waals surface area contributed by atoms with E-state index in [2.05, 4.69) is 15.5 Å². The molecule has 6 nitrogen and oxygen atoms in total. The number of carbonyl (C=O) groups excluding carboxylic acids is 1. The van der Waals surface area contributed by atoms with Crippen LogP contribution in [-0.2, 0) is 17.9 Å². The third kappa shape index (κ3) is 4.47. The second-order valence-electron chi connectivity index (χ2n) is 6.56. The molecule has 1 saturated carbocycles. The van der Waals surface area contributed by atoms with E-state index in [9.17, 15) is 9.90 Å². The largest absolute Gasteiger partial charge is 0.494 e. The molecule has 1 aliphatic heterocycles. The van der Waals surface area contributed by atoms with E-state index in [0.29, 0.717) is 19.2 Å². The highest BCUT2D eigenvalue weighted by atomic mass is 16.5. The van der Waals surface area contributed by atoms with Crippen LogP contribution in [0.3, 0.4) is 0 Å². The van der Waals surface area contributed by atoms with Crippen LogP contribution in [0.4, 0.5) is 0 Å². The molecule has 3 rings (SSSR count). The van der Waals surface area contributed by atoms with Crippen LogP contribution in [0.25, 0.3) is 0 Å². The summed E-state index contributed by atoms with van der Waals surface area (Å²) in [6, 6.07) is 6.20. The molecule has 1 atom stereocenters. The van der Waals surface area contributed by atoms with Crippen molar-refractivity contribution in [3.63, 3.8) is 0 Å². The van der Waals surface area contributed by atoms with E-state index in [-0.39, 0.29) is 18.6 Å². The van der Waals surface area contributed by atoms with Crippen LogP contribution in [0.1, 0.15) is 30.9 Å². The highest BCUT2D eigenvalue weighted by Gasteiger charge is 2.30. The van der Waals surface area contributed by atoms with Gasteiger partial charge in [0.15, 0.2) is 0 Å². The van der Waals surface area contributed by atoms with Crippen molar-refractivity contribution in [3.05, 3.63) is 29.3 Å². The Labute approximate surface area is 143 Å². The van der Waals surface area contributed by atoms with Gasteiger partial charge >= 0.3 is 0 Å². The lowest BCUT2D eigenvalue weighted by molar-refractivity contribution is -0.124. The molecule has 0 bridgehead atoms. The summed E-state index contributed by atoms with van der Waals surface area (Å²) in [5, 5.41) is 15.9. The van der Waals surface area contributed by atoms with Crippen molar-refractivity contribution in [2.24, 2.45) is 0 Å². The minimum absolute atomic E-state index is 0.0306. The number of nitrogens with one attached hydrogen (secondary N) is 2. The molecule has 1 saturated heterocycles. The molecular formula is C18H27N3O3. The number of aliphatic hydroxyl groups excluding tert-OH is 1. The summed E-state index contributed by atoms with van der Waals surface area (Å²) < 4.78 is 5.53. The summed E-state index contributed by atoms with van der Waals surface area (Å²) >= 11 is 0. The highest BCUT2D eigenvalue weighted by molar-refractivity contribution is 5.82. The number of nitrogens with zero attached hydrogens (tertiary/aromatic N) is 1. The molecule has 0 radical (unpaired) electrons. The van der Waals surface area contributed by atoms with Gasteiger partial charge in [-0.3, -0.25) is 9.69 Å². The van der Waals surface area contributed by atoms with Gasteiger partial charge in [-0.2, -0.15) is 0 Å². The van der Waals surface area contributed by atoms with E-state index < -0.39 is 0 Å². The third-order valence-corrected chi connectivity index (χ3v) is 4.50. The molecule has 132 valence electrons. The van der Waals surface area contributed by atoms with Gasteiger partial charge < -0.3 is 20.5 Å². The fourth-order valence-corrected chi connectivity index (χ4v) is 3.07. The van der Waals surface area contributed by atoms with Gasteiger partial charge in [0.25, 0.3) is 0 Å². The Bertz CT molecular complexity index is 575. The Hall–Kier alpha value is -1.63. The van der Waals surface area contributed by atoms with Crippen LogP contribution >= 0.6 is 0 Å². The number of amides is 1. The number of carbonyl (C=O) groups is 1. The molecule has 0 spiro atoms. The number of rotatable bonds is 7. The molecule has 6 heteroatoms. The molecule has 1 heterocycles. The van der Waals surface area contributed by atoms with Crippen LogP contribution in [0.15, 0.2) is 18.2 Å². The standard InChI is InChI=1S/C18H27N3O3/c1-2-24-17-6-3-13(9-14(17)12-22)10-21-8-7-19-16(11-21)18(23)20-15-4-5-15/h3,6,9,15-16,19,22H,2,4-5,7-8,10-12H2,1H3,(H,20,23)/t16-/m0/s1. The number of piperazine rings is 1. The second-order valence-corrected chi connectivity index (χ2v) is 6.56. The molecule has 1 aromatic rings. The summed E-state index contributed by atoms with van der Waals surface area (Å²) in [6.45, 7) is 5.69. The Balaban J connectivity index is 1.59. The molecule has 3 N–H and O–H groups in total. The van der Waals surface area contributed by atoms with Gasteiger partial charge in [0, 0.05) is 37.8 Å². The van der Waals surface area contributed by atoms with Gasteiger partial charge in [-0.15, -0.1) is 0 Å². The summed E-state index contributed by atoms with van der Waals surface area (Å²) in [5.74, 6) is 0.857. The normalized spacial score (nSPS) is 21.5. The third-order valence-electron chi connectivity index (χ3n) is 4.50. The van der Waals surface area contributed by atoms with Crippen molar-refractivity contribution in [1.29, 1.82) is 0 Å². The topological polar surface area (TPSA) is 73.8 Å². The van der Waals surface area contributed by atoms with Crippen molar-refractivity contribution in [2.75, 3.05) is 26.2 Å². The first kappa shape index (κ1) is 17.2. The summed E-state index contributed by atoms with van der Waals surface area (Å²) in [5.41, 5.74) is 1.94. The zero-order valence-electron chi connectivity index (χ0n) is 14.3. The highest BCUT2D eigenvalue weighted by Crippen LogP contribution is 2.22. The molecular weight excluding hydrogens is 306 g/mol. The molecule has 0 unspecified atom stereocenters. The SMILES string of the molecule is CCOc1ccc(CN2CCN[C@H](C(=O)NC3CC3)C2)cc1CO. The van der Waals surface area contributed by atoms with Crippen molar-refractivity contribution < 1.29 is 14.6 Å². The Morgan fingerprint density at radius 3 is 3.00 bits per heavy atom. The summed E-state index contributed by atoms with van der Waals surface area (Å²) in [7, 11) is 0. The fraction of sp³-hybridized carbons (Fsp3) is 0.611. The van der Waals surface area contributed by atoms with Gasteiger partial charge in [0.2, 0.25) is 5.91 Å². The number of aliphatic hydroxyl groups is 1. The van der Waals surface area contributed by atoms with E-state index in [4.69, 9.17) is 4.74 Å². The van der Waals surface area contributed by atoms with Crippen molar-refractivity contribution in [1.82, 2.24) is 15.5 Å². The maximum Gasteiger partial charge on any atom is 0.238 e. The lowest BCUT2D eigenvalue weighted by atomic mass is 10.1. The molecule has 1 amide bonds. The molecule has 1 aromatic carbocycles. The van der Waals surface area contributed by atoms with Crippen LogP contribution in [0.2, 0.25) is 0 Å². The first-order valence-electron chi connectivity index (χ1n) is 8.81. The lowest BCUT2D eigenvalue weighted by Crippen LogP contribution is -2.57. The Kier molecular flexibility index (Phi) is 5.71. The van der Waals surface area contributed by atoms with Gasteiger partial charge in [-0.25, -0.2) is 0 Å². The Morgan fingerprint density at radius 2 is 2.29 bits per heavy atom. The monoisotopic (exact) mass is 333 g/mol. The van der Waals surface area contributed by atoms with Gasteiger partial charge in [0.05, 0.1) is 19.3 Å². The van der Waals surface area contributed by atoms with Crippen LogP contribution < -0.4 is 15.4 Å². The van der Waals surface area contributed by atoms with Crippen LogP contribution in [0.5, 0.6) is 5.75 Å². The number of hydrogen-bond acceptors (Lipinski definition) is 5. The van der Waals surface area contributed by atoms with E-state index >= 15 is 0 Å². The zero-order valence-corrected chi connectivity index (χ0v) is 14.3. The molecule has 24 heavy (non-hydrogen) atoms. The number of benzene rings is 1. The van der Waals surface area contributed by atoms with Gasteiger partial charge in [-0.05, 0) is 37.5 Å². The van der Waals surface area contributed by atoms with Crippen LogP contribution in [0, 0.1) is 0 Å². The molecule has 0 aromatic heterocycles. The average Bonchev–Trinajstić information content (AvgIpc) is 3.40. The van der Waals surface area contributed by atoms with Crippen molar-refractivity contribution in [2.45, 2.75) is 45.0 Å². The minimum Gasteiger partial charge on any atom is -0.494 e. The van der Waals surface area contributed by atoms with Gasteiger partial charge in [-0.1, -0.05) is 6.07 Å². The average molecular weight is 333 g/mol. The van der Waals surface area contributed by atoms with E-state index in [1.165, 1.54) is 0 Å². The molecule has 1 aliphatic carbocycles. The number of hydrogen-bond donors (Lipinski definition) is 3. The van der Waals surface area contributed by atoms with Gasteiger partial charge in [0.1, 0.15) is 5.75 Å².